The van der Waals surface area contributed by atoms with E-state index in [0.29, 0.717) is 36.8 Å². The van der Waals surface area contributed by atoms with Gasteiger partial charge in [-0.1, -0.05) is 17.7 Å². The molecule has 2 atom stereocenters. The van der Waals surface area contributed by atoms with E-state index in [0.717, 1.165) is 12.8 Å². The minimum Gasteiger partial charge on any atom is -0.378 e. The van der Waals surface area contributed by atoms with E-state index in [9.17, 15) is 9.18 Å². The van der Waals surface area contributed by atoms with Crippen LogP contribution in [-0.4, -0.2) is 31.2 Å². The first-order chi connectivity index (χ1) is 10.1. The predicted molar refractivity (Wildman–Crippen MR) is 77.0 cm³/mol. The van der Waals surface area contributed by atoms with Gasteiger partial charge in [0.15, 0.2) is 0 Å². The van der Waals surface area contributed by atoms with Gasteiger partial charge in [-0.05, 0) is 30.5 Å². The summed E-state index contributed by atoms with van der Waals surface area (Å²) in [6.07, 6.45) is 2.55. The summed E-state index contributed by atoms with van der Waals surface area (Å²) in [5.41, 5.74) is 0.414. The van der Waals surface area contributed by atoms with Crippen molar-refractivity contribution in [1.29, 1.82) is 0 Å². The minimum atomic E-state index is -0.385. The molecule has 2 heterocycles. The summed E-state index contributed by atoms with van der Waals surface area (Å²) in [6, 6.07) is 4.18. The summed E-state index contributed by atoms with van der Waals surface area (Å²) in [7, 11) is 0. The van der Waals surface area contributed by atoms with Gasteiger partial charge < -0.3 is 9.47 Å². The van der Waals surface area contributed by atoms with Crippen LogP contribution >= 0.6 is 11.6 Å². The van der Waals surface area contributed by atoms with Gasteiger partial charge in [0.05, 0.1) is 12.2 Å². The van der Waals surface area contributed by atoms with E-state index < -0.39 is 0 Å². The van der Waals surface area contributed by atoms with Crippen molar-refractivity contribution >= 4 is 17.4 Å². The van der Waals surface area contributed by atoms with Crippen LogP contribution in [0.15, 0.2) is 18.2 Å². The number of ether oxygens (including phenoxy) is 2. The largest absolute Gasteiger partial charge is 0.378 e. The number of benzene rings is 1. The van der Waals surface area contributed by atoms with Crippen molar-refractivity contribution in [1.82, 2.24) is 0 Å². The molecule has 2 saturated heterocycles. The van der Waals surface area contributed by atoms with Crippen LogP contribution in [0.1, 0.15) is 24.8 Å². The molecule has 0 bridgehead atoms. The zero-order chi connectivity index (χ0) is 14.9. The summed E-state index contributed by atoms with van der Waals surface area (Å²) in [5.74, 6) is -0.260. The molecule has 3 nitrogen and oxygen atoms in total. The molecule has 0 N–H and O–H groups in total. The summed E-state index contributed by atoms with van der Waals surface area (Å²) in [6.45, 7) is 1.87. The summed E-state index contributed by atoms with van der Waals surface area (Å²) in [4.78, 5) is 12.5. The van der Waals surface area contributed by atoms with E-state index in [2.05, 4.69) is 0 Å². The second-order valence-corrected chi connectivity index (χ2v) is 6.31. The van der Waals surface area contributed by atoms with Crippen molar-refractivity contribution in [3.63, 3.8) is 0 Å². The van der Waals surface area contributed by atoms with Gasteiger partial charge in [0.25, 0.3) is 0 Å². The fourth-order valence-electron chi connectivity index (χ4n) is 3.16. The van der Waals surface area contributed by atoms with Crippen LogP contribution in [0.2, 0.25) is 5.02 Å². The maximum absolute atomic E-state index is 13.0. The number of ketones is 1. The van der Waals surface area contributed by atoms with Crippen molar-refractivity contribution in [3.8, 4) is 0 Å². The van der Waals surface area contributed by atoms with Gasteiger partial charge in [-0.25, -0.2) is 4.39 Å². The summed E-state index contributed by atoms with van der Waals surface area (Å²) >= 11 is 6.00. The Bertz CT molecular complexity index is 540. The molecule has 1 aromatic rings. The van der Waals surface area contributed by atoms with Gasteiger partial charge in [0, 0.05) is 37.0 Å². The Balaban J connectivity index is 1.67. The number of hydrogen-bond acceptors (Lipinski definition) is 3. The Kier molecular flexibility index (Phi) is 4.29. The van der Waals surface area contributed by atoms with Crippen LogP contribution in [-0.2, 0) is 20.7 Å². The first-order valence-corrected chi connectivity index (χ1v) is 7.64. The van der Waals surface area contributed by atoms with Gasteiger partial charge in [-0.3, -0.25) is 4.79 Å². The highest BCUT2D eigenvalue weighted by molar-refractivity contribution is 6.31. The second kappa shape index (κ2) is 6.03. The first kappa shape index (κ1) is 14.9. The molecule has 2 unspecified atom stereocenters. The van der Waals surface area contributed by atoms with E-state index in [1.807, 2.05) is 0 Å². The SMILES string of the molecule is O=C(Cc1ccc(F)cc1Cl)C1CCOC2(CCOC2)C1. The van der Waals surface area contributed by atoms with Crippen LogP contribution in [0.25, 0.3) is 0 Å². The molecule has 0 aromatic heterocycles. The standard InChI is InChI=1S/C16H18ClFO3/c17-14-8-13(18)2-1-11(14)7-15(19)12-3-5-21-16(9-12)4-6-20-10-16/h1-2,8,12H,3-7,9-10H2. The number of Topliss-reactive ketones (excluding diaryl/α,β-unsaturated/α-hetero) is 1. The average Bonchev–Trinajstić information content (AvgIpc) is 2.90. The maximum atomic E-state index is 13.0. The minimum absolute atomic E-state index is 0.0263. The monoisotopic (exact) mass is 312 g/mol. The Labute approximate surface area is 128 Å². The Morgan fingerprint density at radius 1 is 1.43 bits per heavy atom. The van der Waals surface area contributed by atoms with Crippen LogP contribution in [0.5, 0.6) is 0 Å². The molecule has 0 radical (unpaired) electrons. The Morgan fingerprint density at radius 2 is 2.29 bits per heavy atom. The fraction of sp³-hybridized carbons (Fsp3) is 0.562. The Hall–Kier alpha value is -0.970. The van der Waals surface area contributed by atoms with Crippen molar-refractivity contribution in [2.75, 3.05) is 19.8 Å². The Morgan fingerprint density at radius 3 is 3.00 bits per heavy atom. The van der Waals surface area contributed by atoms with Crippen LogP contribution in [0, 0.1) is 11.7 Å². The van der Waals surface area contributed by atoms with Crippen molar-refractivity contribution in [2.45, 2.75) is 31.3 Å². The number of rotatable bonds is 3. The molecule has 0 saturated carbocycles. The van der Waals surface area contributed by atoms with E-state index in [1.54, 1.807) is 6.07 Å². The molecule has 5 heteroatoms. The lowest BCUT2D eigenvalue weighted by molar-refractivity contribution is -0.136. The average molecular weight is 313 g/mol. The first-order valence-electron chi connectivity index (χ1n) is 7.26. The lowest BCUT2D eigenvalue weighted by Gasteiger charge is -2.36. The third kappa shape index (κ3) is 3.28. The molecule has 0 amide bonds. The summed E-state index contributed by atoms with van der Waals surface area (Å²) in [5, 5.41) is 0.314. The van der Waals surface area contributed by atoms with E-state index in [-0.39, 0.29) is 29.5 Å². The molecule has 2 aliphatic heterocycles. The highest BCUT2D eigenvalue weighted by Gasteiger charge is 2.42. The molecule has 21 heavy (non-hydrogen) atoms. The highest BCUT2D eigenvalue weighted by atomic mass is 35.5. The highest BCUT2D eigenvalue weighted by Crippen LogP contribution is 2.36. The topological polar surface area (TPSA) is 35.5 Å². The fourth-order valence-corrected chi connectivity index (χ4v) is 3.40. The number of carbonyl (C=O) groups excluding carboxylic acids is 1. The van der Waals surface area contributed by atoms with Crippen LogP contribution in [0.3, 0.4) is 0 Å². The van der Waals surface area contributed by atoms with Gasteiger partial charge in [0.2, 0.25) is 0 Å². The quantitative estimate of drug-likeness (QED) is 0.860. The molecule has 2 aliphatic rings. The third-order valence-corrected chi connectivity index (χ3v) is 4.75. The summed E-state index contributed by atoms with van der Waals surface area (Å²) < 4.78 is 24.3. The van der Waals surface area contributed by atoms with Crippen molar-refractivity contribution in [2.24, 2.45) is 5.92 Å². The molecule has 1 aromatic carbocycles. The molecular weight excluding hydrogens is 295 g/mol. The van der Waals surface area contributed by atoms with E-state index in [4.69, 9.17) is 21.1 Å². The van der Waals surface area contributed by atoms with Gasteiger partial charge in [0.1, 0.15) is 11.6 Å². The zero-order valence-electron chi connectivity index (χ0n) is 11.7. The molecular formula is C16H18ClFO3. The number of hydrogen-bond donors (Lipinski definition) is 0. The maximum Gasteiger partial charge on any atom is 0.140 e. The number of carbonyl (C=O) groups is 1. The van der Waals surface area contributed by atoms with Crippen molar-refractivity contribution in [3.05, 3.63) is 34.6 Å². The molecule has 3 rings (SSSR count). The van der Waals surface area contributed by atoms with Crippen molar-refractivity contribution < 1.29 is 18.7 Å². The predicted octanol–water partition coefficient (Wildman–Crippen LogP) is 3.18. The second-order valence-electron chi connectivity index (χ2n) is 5.90. The number of halogens is 2. The molecule has 1 spiro atoms. The zero-order valence-corrected chi connectivity index (χ0v) is 12.5. The smallest absolute Gasteiger partial charge is 0.140 e. The molecule has 114 valence electrons. The lowest BCUT2D eigenvalue weighted by atomic mass is 9.81. The van der Waals surface area contributed by atoms with Gasteiger partial charge in [-0.2, -0.15) is 0 Å². The molecule has 2 fully saturated rings. The van der Waals surface area contributed by atoms with E-state index >= 15 is 0 Å². The van der Waals surface area contributed by atoms with Crippen LogP contribution in [0.4, 0.5) is 4.39 Å². The van der Waals surface area contributed by atoms with Crippen LogP contribution < -0.4 is 0 Å². The lowest BCUT2D eigenvalue weighted by Crippen LogP contribution is -2.42. The normalized spacial score (nSPS) is 29.0. The third-order valence-electron chi connectivity index (χ3n) is 4.40. The van der Waals surface area contributed by atoms with Gasteiger partial charge in [-0.15, -0.1) is 0 Å². The van der Waals surface area contributed by atoms with E-state index in [1.165, 1.54) is 12.1 Å². The molecule has 0 aliphatic carbocycles. The van der Waals surface area contributed by atoms with Gasteiger partial charge >= 0.3 is 0 Å².